The zero-order valence-corrected chi connectivity index (χ0v) is 13.2. The van der Waals surface area contributed by atoms with Crippen LogP contribution in [0.5, 0.6) is 0 Å². The molecule has 21 heavy (non-hydrogen) atoms. The van der Waals surface area contributed by atoms with Crippen LogP contribution in [0.3, 0.4) is 0 Å². The molecule has 2 rings (SSSR count). The van der Waals surface area contributed by atoms with Crippen LogP contribution in [-0.2, 0) is 11.2 Å². The smallest absolute Gasteiger partial charge is 0.317 e. The lowest BCUT2D eigenvalue weighted by molar-refractivity contribution is -0.138. The molecule has 0 spiro atoms. The maximum Gasteiger partial charge on any atom is 0.317 e. The Morgan fingerprint density at radius 2 is 1.95 bits per heavy atom. The molecule has 1 aliphatic heterocycles. The number of hydrogen-bond donors (Lipinski definition) is 1. The van der Waals surface area contributed by atoms with Gasteiger partial charge in [-0.2, -0.15) is 0 Å². The van der Waals surface area contributed by atoms with E-state index in [1.807, 2.05) is 17.0 Å². The highest BCUT2D eigenvalue weighted by atomic mass is 35.5. The normalized spacial score (nSPS) is 19.1. The van der Waals surface area contributed by atoms with Crippen LogP contribution in [0.4, 0.5) is 0 Å². The molecule has 1 saturated heterocycles. The largest absolute Gasteiger partial charge is 0.480 e. The molecule has 1 heterocycles. The van der Waals surface area contributed by atoms with E-state index in [2.05, 4.69) is 24.0 Å². The van der Waals surface area contributed by atoms with Crippen LogP contribution in [0.2, 0.25) is 5.02 Å². The standard InChI is InChI=1S/C16H23ClN2O2/c1-13(11-14-3-5-15(17)6-4-14)19-8-2-7-18(9-10-19)12-16(20)21/h3-6,13H,2,7-12H2,1H3,(H,20,21). The Kier molecular flexibility index (Phi) is 6.03. The Morgan fingerprint density at radius 3 is 2.62 bits per heavy atom. The third-order valence-corrected chi connectivity index (χ3v) is 4.30. The molecule has 0 aromatic heterocycles. The zero-order chi connectivity index (χ0) is 15.2. The van der Waals surface area contributed by atoms with Gasteiger partial charge in [0, 0.05) is 30.7 Å². The van der Waals surface area contributed by atoms with Gasteiger partial charge in [-0.3, -0.25) is 14.6 Å². The first kappa shape index (κ1) is 16.3. The lowest BCUT2D eigenvalue weighted by Gasteiger charge is -2.28. The van der Waals surface area contributed by atoms with Crippen molar-refractivity contribution in [3.05, 3.63) is 34.9 Å². The van der Waals surface area contributed by atoms with Crippen LogP contribution in [0, 0.1) is 0 Å². The van der Waals surface area contributed by atoms with Crippen molar-refractivity contribution in [1.82, 2.24) is 9.80 Å². The molecule has 0 saturated carbocycles. The van der Waals surface area contributed by atoms with Gasteiger partial charge in [0.25, 0.3) is 0 Å². The molecule has 5 heteroatoms. The van der Waals surface area contributed by atoms with E-state index in [1.54, 1.807) is 0 Å². The van der Waals surface area contributed by atoms with Gasteiger partial charge < -0.3 is 5.11 Å². The minimum absolute atomic E-state index is 0.152. The summed E-state index contributed by atoms with van der Waals surface area (Å²) >= 11 is 5.91. The molecule has 1 N–H and O–H groups in total. The van der Waals surface area contributed by atoms with Crippen molar-refractivity contribution < 1.29 is 9.90 Å². The van der Waals surface area contributed by atoms with Crippen LogP contribution in [-0.4, -0.2) is 59.6 Å². The van der Waals surface area contributed by atoms with E-state index >= 15 is 0 Å². The van der Waals surface area contributed by atoms with Gasteiger partial charge >= 0.3 is 5.97 Å². The van der Waals surface area contributed by atoms with E-state index in [-0.39, 0.29) is 6.54 Å². The van der Waals surface area contributed by atoms with Gasteiger partial charge in [0.05, 0.1) is 6.54 Å². The minimum atomic E-state index is -0.738. The fourth-order valence-corrected chi connectivity index (χ4v) is 3.00. The molecule has 0 bridgehead atoms. The van der Waals surface area contributed by atoms with E-state index in [1.165, 1.54) is 5.56 Å². The van der Waals surface area contributed by atoms with Crippen molar-refractivity contribution in [2.45, 2.75) is 25.8 Å². The Bertz CT molecular complexity index is 464. The van der Waals surface area contributed by atoms with Crippen molar-refractivity contribution in [1.29, 1.82) is 0 Å². The van der Waals surface area contributed by atoms with Gasteiger partial charge in [0.15, 0.2) is 0 Å². The van der Waals surface area contributed by atoms with Crippen LogP contribution in [0.15, 0.2) is 24.3 Å². The second-order valence-corrected chi connectivity index (χ2v) is 6.18. The van der Waals surface area contributed by atoms with Crippen LogP contribution in [0.1, 0.15) is 18.9 Å². The highest BCUT2D eigenvalue weighted by Gasteiger charge is 2.20. The zero-order valence-electron chi connectivity index (χ0n) is 12.5. The van der Waals surface area contributed by atoms with Gasteiger partial charge in [-0.05, 0) is 44.0 Å². The summed E-state index contributed by atoms with van der Waals surface area (Å²) in [7, 11) is 0. The Hall–Kier alpha value is -1.10. The van der Waals surface area contributed by atoms with Crippen molar-refractivity contribution >= 4 is 17.6 Å². The molecule has 1 aromatic rings. The van der Waals surface area contributed by atoms with E-state index in [4.69, 9.17) is 16.7 Å². The molecule has 116 valence electrons. The summed E-state index contributed by atoms with van der Waals surface area (Å²) in [5.41, 5.74) is 1.29. The Labute approximate surface area is 131 Å². The van der Waals surface area contributed by atoms with Crippen molar-refractivity contribution in [3.8, 4) is 0 Å². The molecule has 1 aromatic carbocycles. The number of carboxylic acid groups (broad SMARTS) is 1. The molecular formula is C16H23ClN2O2. The van der Waals surface area contributed by atoms with Crippen molar-refractivity contribution in [2.24, 2.45) is 0 Å². The van der Waals surface area contributed by atoms with Gasteiger partial charge in [-0.25, -0.2) is 0 Å². The second-order valence-electron chi connectivity index (χ2n) is 5.74. The number of halogens is 1. The minimum Gasteiger partial charge on any atom is -0.480 e. The van der Waals surface area contributed by atoms with Crippen molar-refractivity contribution in [2.75, 3.05) is 32.7 Å². The summed E-state index contributed by atoms with van der Waals surface area (Å²) in [5.74, 6) is -0.738. The molecule has 0 radical (unpaired) electrons. The van der Waals surface area contributed by atoms with Gasteiger partial charge in [-0.1, -0.05) is 23.7 Å². The fraction of sp³-hybridized carbons (Fsp3) is 0.562. The Morgan fingerprint density at radius 1 is 1.24 bits per heavy atom. The number of hydrogen-bond acceptors (Lipinski definition) is 3. The fourth-order valence-electron chi connectivity index (χ4n) is 2.87. The number of nitrogens with zero attached hydrogens (tertiary/aromatic N) is 2. The molecule has 1 fully saturated rings. The van der Waals surface area contributed by atoms with Gasteiger partial charge in [0.1, 0.15) is 0 Å². The number of aliphatic carboxylic acids is 1. The quantitative estimate of drug-likeness (QED) is 0.907. The summed E-state index contributed by atoms with van der Waals surface area (Å²) in [4.78, 5) is 15.3. The third kappa shape index (κ3) is 5.30. The predicted molar refractivity (Wildman–Crippen MR) is 84.9 cm³/mol. The second kappa shape index (κ2) is 7.78. The first-order valence-corrected chi connectivity index (χ1v) is 7.85. The molecule has 0 amide bonds. The topological polar surface area (TPSA) is 43.8 Å². The van der Waals surface area contributed by atoms with Crippen molar-refractivity contribution in [3.63, 3.8) is 0 Å². The molecule has 1 atom stereocenters. The van der Waals surface area contributed by atoms with Crippen LogP contribution >= 0.6 is 11.6 Å². The van der Waals surface area contributed by atoms with E-state index in [0.717, 1.165) is 44.0 Å². The Balaban J connectivity index is 1.86. The highest BCUT2D eigenvalue weighted by Crippen LogP contribution is 2.15. The van der Waals surface area contributed by atoms with Crippen LogP contribution in [0.25, 0.3) is 0 Å². The summed E-state index contributed by atoms with van der Waals surface area (Å²) in [6.07, 6.45) is 2.02. The first-order chi connectivity index (χ1) is 10.0. The monoisotopic (exact) mass is 310 g/mol. The molecular weight excluding hydrogens is 288 g/mol. The summed E-state index contributed by atoms with van der Waals surface area (Å²) in [5, 5.41) is 9.65. The number of carboxylic acids is 1. The van der Waals surface area contributed by atoms with Gasteiger partial charge in [0.2, 0.25) is 0 Å². The number of benzene rings is 1. The predicted octanol–water partition coefficient (Wildman–Crippen LogP) is 2.36. The average Bonchev–Trinajstić information content (AvgIpc) is 2.66. The number of rotatable bonds is 5. The summed E-state index contributed by atoms with van der Waals surface area (Å²) < 4.78 is 0. The molecule has 1 unspecified atom stereocenters. The van der Waals surface area contributed by atoms with E-state index in [9.17, 15) is 4.79 Å². The molecule has 4 nitrogen and oxygen atoms in total. The lowest BCUT2D eigenvalue weighted by atomic mass is 10.1. The van der Waals surface area contributed by atoms with E-state index < -0.39 is 5.97 Å². The molecule has 0 aliphatic carbocycles. The summed E-state index contributed by atoms with van der Waals surface area (Å²) in [6, 6.07) is 8.47. The summed E-state index contributed by atoms with van der Waals surface area (Å²) in [6.45, 7) is 6.06. The SMILES string of the molecule is CC(Cc1ccc(Cl)cc1)N1CCCN(CC(=O)O)CC1. The first-order valence-electron chi connectivity index (χ1n) is 7.47. The highest BCUT2D eigenvalue weighted by molar-refractivity contribution is 6.30. The van der Waals surface area contributed by atoms with Gasteiger partial charge in [-0.15, -0.1) is 0 Å². The van der Waals surface area contributed by atoms with Crippen LogP contribution < -0.4 is 0 Å². The maximum atomic E-state index is 10.8. The maximum absolute atomic E-state index is 10.8. The average molecular weight is 311 g/mol. The number of carbonyl (C=O) groups is 1. The third-order valence-electron chi connectivity index (χ3n) is 4.05. The van der Waals surface area contributed by atoms with E-state index in [0.29, 0.717) is 6.04 Å². The molecule has 1 aliphatic rings. The lowest BCUT2D eigenvalue weighted by Crippen LogP contribution is -2.38.